The minimum absolute atomic E-state index is 0. The Balaban J connectivity index is 0.00000280. The first kappa shape index (κ1) is 22.5. The summed E-state index contributed by atoms with van der Waals surface area (Å²) in [7, 11) is 1.83. The number of para-hydroxylation sites is 1. The van der Waals surface area contributed by atoms with Crippen LogP contribution in [0.2, 0.25) is 0 Å². The van der Waals surface area contributed by atoms with E-state index in [1.54, 1.807) is 0 Å². The number of hydrogen-bond donors (Lipinski definition) is 1. The van der Waals surface area contributed by atoms with Crippen LogP contribution in [0.25, 0.3) is 0 Å². The van der Waals surface area contributed by atoms with Gasteiger partial charge in [-0.15, -0.1) is 24.0 Å². The Bertz CT molecular complexity index is 689. The van der Waals surface area contributed by atoms with E-state index in [9.17, 15) is 0 Å². The molecular formula is C22H30IN3O2. The summed E-state index contributed by atoms with van der Waals surface area (Å²) in [6.45, 7) is 3.94. The maximum atomic E-state index is 6.07. The normalized spacial score (nSPS) is 15.0. The number of piperidine rings is 1. The molecular weight excluding hydrogens is 465 g/mol. The van der Waals surface area contributed by atoms with Crippen LogP contribution in [0.3, 0.4) is 0 Å². The summed E-state index contributed by atoms with van der Waals surface area (Å²) in [4.78, 5) is 6.71. The second kappa shape index (κ2) is 12.6. The number of nitrogens with zero attached hydrogens (tertiary/aromatic N) is 2. The molecule has 1 heterocycles. The molecule has 0 aliphatic carbocycles. The molecule has 0 aromatic heterocycles. The third-order valence-corrected chi connectivity index (χ3v) is 4.64. The van der Waals surface area contributed by atoms with Crippen LogP contribution in [-0.2, 0) is 11.3 Å². The van der Waals surface area contributed by atoms with Gasteiger partial charge >= 0.3 is 0 Å². The third-order valence-electron chi connectivity index (χ3n) is 4.64. The molecule has 152 valence electrons. The van der Waals surface area contributed by atoms with Crippen LogP contribution in [0.1, 0.15) is 18.4 Å². The largest absolute Gasteiger partial charge is 0.490 e. The van der Waals surface area contributed by atoms with Gasteiger partial charge in [0.1, 0.15) is 11.9 Å². The van der Waals surface area contributed by atoms with Crippen molar-refractivity contribution in [2.24, 2.45) is 4.99 Å². The molecule has 0 radical (unpaired) electrons. The minimum Gasteiger partial charge on any atom is -0.490 e. The molecule has 0 amide bonds. The lowest BCUT2D eigenvalue weighted by Gasteiger charge is -2.34. The van der Waals surface area contributed by atoms with Crippen LogP contribution in [-0.4, -0.2) is 50.3 Å². The molecule has 1 aliphatic heterocycles. The molecule has 1 N–H and O–H groups in total. The van der Waals surface area contributed by atoms with Gasteiger partial charge in [0.05, 0.1) is 13.2 Å². The maximum Gasteiger partial charge on any atom is 0.193 e. The van der Waals surface area contributed by atoms with Gasteiger partial charge in [-0.2, -0.15) is 0 Å². The summed E-state index contributed by atoms with van der Waals surface area (Å²) < 4.78 is 11.8. The number of nitrogens with one attached hydrogen (secondary N) is 1. The summed E-state index contributed by atoms with van der Waals surface area (Å²) in [5.74, 6) is 1.89. The molecule has 1 saturated heterocycles. The molecule has 6 heteroatoms. The van der Waals surface area contributed by atoms with Gasteiger partial charge in [0.25, 0.3) is 0 Å². The SMILES string of the molecule is CN=C(NCCOCc1ccccc1)N1CCC(Oc2ccccc2)CC1.I. The fourth-order valence-corrected chi connectivity index (χ4v) is 3.21. The van der Waals surface area contributed by atoms with Crippen molar-refractivity contribution in [3.63, 3.8) is 0 Å². The molecule has 2 aromatic rings. The average molecular weight is 495 g/mol. The van der Waals surface area contributed by atoms with Crippen LogP contribution >= 0.6 is 24.0 Å². The van der Waals surface area contributed by atoms with E-state index < -0.39 is 0 Å². The van der Waals surface area contributed by atoms with Crippen molar-refractivity contribution in [2.45, 2.75) is 25.6 Å². The molecule has 1 aliphatic rings. The first-order valence-corrected chi connectivity index (χ1v) is 9.64. The summed E-state index contributed by atoms with van der Waals surface area (Å²) in [5.41, 5.74) is 1.20. The predicted octanol–water partition coefficient (Wildman–Crippen LogP) is 3.94. The van der Waals surface area contributed by atoms with Gasteiger partial charge in [-0.3, -0.25) is 4.99 Å². The van der Waals surface area contributed by atoms with E-state index in [1.807, 2.05) is 55.6 Å². The minimum atomic E-state index is 0. The maximum absolute atomic E-state index is 6.07. The van der Waals surface area contributed by atoms with Crippen molar-refractivity contribution in [1.82, 2.24) is 10.2 Å². The highest BCUT2D eigenvalue weighted by molar-refractivity contribution is 14.0. The van der Waals surface area contributed by atoms with Crippen molar-refractivity contribution in [3.05, 3.63) is 66.2 Å². The van der Waals surface area contributed by atoms with Crippen LogP contribution in [0.15, 0.2) is 65.7 Å². The number of aliphatic imine (C=N–C) groups is 1. The lowest BCUT2D eigenvalue weighted by Crippen LogP contribution is -2.48. The van der Waals surface area contributed by atoms with Crippen molar-refractivity contribution < 1.29 is 9.47 Å². The van der Waals surface area contributed by atoms with E-state index in [2.05, 4.69) is 27.3 Å². The number of guanidine groups is 1. The van der Waals surface area contributed by atoms with E-state index in [0.717, 1.165) is 44.2 Å². The summed E-state index contributed by atoms with van der Waals surface area (Å²) in [6, 6.07) is 20.3. The van der Waals surface area contributed by atoms with Crippen molar-refractivity contribution in [1.29, 1.82) is 0 Å². The molecule has 0 bridgehead atoms. The number of benzene rings is 2. The number of likely N-dealkylation sites (tertiary alicyclic amines) is 1. The molecule has 2 aromatic carbocycles. The van der Waals surface area contributed by atoms with Crippen LogP contribution in [0.4, 0.5) is 0 Å². The Kier molecular flexibility index (Phi) is 10.1. The Morgan fingerprint density at radius 3 is 2.32 bits per heavy atom. The molecule has 3 rings (SSSR count). The Labute approximate surface area is 185 Å². The third kappa shape index (κ3) is 7.31. The Hall–Kier alpha value is -1.80. The predicted molar refractivity (Wildman–Crippen MR) is 125 cm³/mol. The quantitative estimate of drug-likeness (QED) is 0.274. The standard InChI is InChI=1S/C22H29N3O2.HI/c1-23-22(24-14-17-26-18-19-8-4-2-5-9-19)25-15-12-21(13-16-25)27-20-10-6-3-7-11-20;/h2-11,21H,12-18H2,1H3,(H,23,24);1H. The van der Waals surface area contributed by atoms with Gasteiger partial charge in [0.2, 0.25) is 0 Å². The highest BCUT2D eigenvalue weighted by Crippen LogP contribution is 2.18. The second-order valence-electron chi connectivity index (χ2n) is 6.63. The van der Waals surface area contributed by atoms with Gasteiger partial charge in [0, 0.05) is 39.5 Å². The van der Waals surface area contributed by atoms with E-state index >= 15 is 0 Å². The monoisotopic (exact) mass is 495 g/mol. The van der Waals surface area contributed by atoms with Crippen molar-refractivity contribution >= 4 is 29.9 Å². The van der Waals surface area contributed by atoms with Gasteiger partial charge in [0.15, 0.2) is 5.96 Å². The highest BCUT2D eigenvalue weighted by Gasteiger charge is 2.22. The summed E-state index contributed by atoms with van der Waals surface area (Å²) >= 11 is 0. The zero-order valence-electron chi connectivity index (χ0n) is 16.4. The number of rotatable bonds is 7. The Morgan fingerprint density at radius 2 is 1.68 bits per heavy atom. The van der Waals surface area contributed by atoms with Gasteiger partial charge < -0.3 is 19.7 Å². The first-order valence-electron chi connectivity index (χ1n) is 9.64. The molecule has 5 nitrogen and oxygen atoms in total. The molecule has 0 spiro atoms. The Morgan fingerprint density at radius 1 is 1.04 bits per heavy atom. The van der Waals surface area contributed by atoms with E-state index in [-0.39, 0.29) is 30.1 Å². The highest BCUT2D eigenvalue weighted by atomic mass is 127. The topological polar surface area (TPSA) is 46.1 Å². The average Bonchev–Trinajstić information content (AvgIpc) is 2.73. The lowest BCUT2D eigenvalue weighted by atomic mass is 10.1. The smallest absolute Gasteiger partial charge is 0.193 e. The molecule has 0 unspecified atom stereocenters. The van der Waals surface area contributed by atoms with E-state index in [0.29, 0.717) is 13.2 Å². The number of hydrogen-bond acceptors (Lipinski definition) is 3. The van der Waals surface area contributed by atoms with Crippen molar-refractivity contribution in [3.8, 4) is 5.75 Å². The fourth-order valence-electron chi connectivity index (χ4n) is 3.21. The van der Waals surface area contributed by atoms with Crippen molar-refractivity contribution in [2.75, 3.05) is 33.3 Å². The number of ether oxygens (including phenoxy) is 2. The molecule has 28 heavy (non-hydrogen) atoms. The molecule has 1 fully saturated rings. The van der Waals surface area contributed by atoms with E-state index in [4.69, 9.17) is 9.47 Å². The zero-order valence-corrected chi connectivity index (χ0v) is 18.8. The molecule has 0 saturated carbocycles. The lowest BCUT2D eigenvalue weighted by molar-refractivity contribution is 0.120. The van der Waals surface area contributed by atoms with Gasteiger partial charge in [-0.1, -0.05) is 48.5 Å². The molecule has 0 atom stereocenters. The van der Waals surface area contributed by atoms with Crippen LogP contribution in [0, 0.1) is 0 Å². The number of halogens is 1. The van der Waals surface area contributed by atoms with Crippen LogP contribution < -0.4 is 10.1 Å². The summed E-state index contributed by atoms with van der Waals surface area (Å²) in [5, 5.41) is 3.40. The van der Waals surface area contributed by atoms with Gasteiger partial charge in [-0.05, 0) is 17.7 Å². The van der Waals surface area contributed by atoms with Gasteiger partial charge in [-0.25, -0.2) is 0 Å². The van der Waals surface area contributed by atoms with Crippen LogP contribution in [0.5, 0.6) is 5.75 Å². The van der Waals surface area contributed by atoms with E-state index in [1.165, 1.54) is 5.56 Å². The second-order valence-corrected chi connectivity index (χ2v) is 6.63. The first-order chi connectivity index (χ1) is 13.3. The summed E-state index contributed by atoms with van der Waals surface area (Å²) in [6.07, 6.45) is 2.27. The fraction of sp³-hybridized carbons (Fsp3) is 0.409. The zero-order chi connectivity index (χ0) is 18.7.